The maximum atomic E-state index is 12.4. The Bertz CT molecular complexity index is 723. The first-order valence-electron chi connectivity index (χ1n) is 9.62. The van der Waals surface area contributed by atoms with Gasteiger partial charge in [-0.1, -0.05) is 0 Å². The Kier molecular flexibility index (Phi) is 6.64. The zero-order chi connectivity index (χ0) is 21.1. The standard InChI is InChI=1S/C20H32N4O4/c1-13-22-11-15(20(5,12-21)17(25)27-6)16(23-13)14-7-9-24(10-8-14)18(26)28-19(2,3)4/h11,14H,7-10,12,21H2,1-6H3. The first kappa shape index (κ1) is 22.1. The number of hydrogen-bond acceptors (Lipinski definition) is 7. The van der Waals surface area contributed by atoms with Gasteiger partial charge in [0.15, 0.2) is 0 Å². The summed E-state index contributed by atoms with van der Waals surface area (Å²) in [5, 5.41) is 0. The van der Waals surface area contributed by atoms with Crippen LogP contribution in [0.3, 0.4) is 0 Å². The topological polar surface area (TPSA) is 108 Å². The number of rotatable bonds is 4. The molecule has 1 unspecified atom stereocenters. The molecule has 1 saturated heterocycles. The molecular formula is C20H32N4O4. The molecule has 2 heterocycles. The van der Waals surface area contributed by atoms with Gasteiger partial charge in [-0.25, -0.2) is 14.8 Å². The fourth-order valence-electron chi connectivity index (χ4n) is 3.41. The summed E-state index contributed by atoms with van der Waals surface area (Å²) in [6.45, 7) is 10.4. The molecule has 2 rings (SSSR count). The van der Waals surface area contributed by atoms with Crippen LogP contribution in [0.2, 0.25) is 0 Å². The number of ether oxygens (including phenoxy) is 2. The highest BCUT2D eigenvalue weighted by Gasteiger charge is 2.40. The summed E-state index contributed by atoms with van der Waals surface area (Å²) in [4.78, 5) is 35.4. The number of carbonyl (C=O) groups excluding carboxylic acids is 2. The van der Waals surface area contributed by atoms with Crippen LogP contribution in [0.4, 0.5) is 4.79 Å². The van der Waals surface area contributed by atoms with E-state index in [1.165, 1.54) is 7.11 Å². The second kappa shape index (κ2) is 8.43. The van der Waals surface area contributed by atoms with Crippen molar-refractivity contribution in [3.8, 4) is 0 Å². The smallest absolute Gasteiger partial charge is 0.410 e. The van der Waals surface area contributed by atoms with Gasteiger partial charge in [0.2, 0.25) is 0 Å². The molecular weight excluding hydrogens is 360 g/mol. The number of nitrogens with two attached hydrogens (primary N) is 1. The van der Waals surface area contributed by atoms with E-state index >= 15 is 0 Å². The van der Waals surface area contributed by atoms with Crippen LogP contribution in [-0.4, -0.2) is 59.3 Å². The molecule has 1 atom stereocenters. The fraction of sp³-hybridized carbons (Fsp3) is 0.700. The van der Waals surface area contributed by atoms with E-state index in [0.29, 0.717) is 24.5 Å². The number of methoxy groups -OCH3 is 1. The highest BCUT2D eigenvalue weighted by Crippen LogP contribution is 2.35. The maximum Gasteiger partial charge on any atom is 0.410 e. The summed E-state index contributed by atoms with van der Waals surface area (Å²) in [6.07, 6.45) is 2.84. The van der Waals surface area contributed by atoms with Crippen molar-refractivity contribution >= 4 is 12.1 Å². The first-order valence-corrected chi connectivity index (χ1v) is 9.62. The van der Waals surface area contributed by atoms with Crippen molar-refractivity contribution in [2.75, 3.05) is 26.7 Å². The molecule has 0 aromatic carbocycles. The number of piperidine rings is 1. The normalized spacial score (nSPS) is 17.8. The Hall–Kier alpha value is -2.22. The number of amides is 1. The van der Waals surface area contributed by atoms with E-state index in [4.69, 9.17) is 15.2 Å². The minimum Gasteiger partial charge on any atom is -0.468 e. The average Bonchev–Trinajstić information content (AvgIpc) is 2.65. The fourth-order valence-corrected chi connectivity index (χ4v) is 3.41. The maximum absolute atomic E-state index is 12.4. The van der Waals surface area contributed by atoms with Crippen LogP contribution in [0.5, 0.6) is 0 Å². The number of hydrogen-bond donors (Lipinski definition) is 1. The van der Waals surface area contributed by atoms with Crippen LogP contribution in [-0.2, 0) is 19.7 Å². The van der Waals surface area contributed by atoms with Crippen molar-refractivity contribution in [1.29, 1.82) is 0 Å². The molecule has 0 saturated carbocycles. The van der Waals surface area contributed by atoms with Crippen molar-refractivity contribution in [2.45, 2.75) is 64.4 Å². The van der Waals surface area contributed by atoms with Gasteiger partial charge in [0.1, 0.15) is 16.8 Å². The summed E-state index contributed by atoms with van der Waals surface area (Å²) in [6, 6.07) is 0. The van der Waals surface area contributed by atoms with Crippen molar-refractivity contribution < 1.29 is 19.1 Å². The van der Waals surface area contributed by atoms with E-state index in [1.54, 1.807) is 18.0 Å². The zero-order valence-corrected chi connectivity index (χ0v) is 17.7. The second-order valence-electron chi connectivity index (χ2n) is 8.49. The van der Waals surface area contributed by atoms with E-state index < -0.39 is 17.0 Å². The number of carbonyl (C=O) groups is 2. The lowest BCUT2D eigenvalue weighted by atomic mass is 9.78. The van der Waals surface area contributed by atoms with Crippen molar-refractivity contribution in [2.24, 2.45) is 5.73 Å². The van der Waals surface area contributed by atoms with Crippen LogP contribution in [0.25, 0.3) is 0 Å². The molecule has 8 nitrogen and oxygen atoms in total. The summed E-state index contributed by atoms with van der Waals surface area (Å²) in [7, 11) is 1.35. The van der Waals surface area contributed by atoms with Crippen LogP contribution in [0.1, 0.15) is 63.5 Å². The van der Waals surface area contributed by atoms with Crippen molar-refractivity contribution in [3.63, 3.8) is 0 Å². The zero-order valence-electron chi connectivity index (χ0n) is 17.7. The summed E-state index contributed by atoms with van der Waals surface area (Å²) >= 11 is 0. The summed E-state index contributed by atoms with van der Waals surface area (Å²) < 4.78 is 10.4. The third kappa shape index (κ3) is 4.79. The molecule has 0 radical (unpaired) electrons. The molecule has 1 fully saturated rings. The summed E-state index contributed by atoms with van der Waals surface area (Å²) in [5.74, 6) is 0.332. The van der Waals surface area contributed by atoms with Gasteiger partial charge in [0.05, 0.1) is 12.8 Å². The molecule has 1 aromatic rings. The van der Waals surface area contributed by atoms with Gasteiger partial charge in [0.25, 0.3) is 0 Å². The summed E-state index contributed by atoms with van der Waals surface area (Å²) in [5.41, 5.74) is 5.93. The number of aryl methyl sites for hydroxylation is 1. The van der Waals surface area contributed by atoms with Crippen molar-refractivity contribution in [1.82, 2.24) is 14.9 Å². The molecule has 1 aliphatic rings. The Morgan fingerprint density at radius 2 is 1.86 bits per heavy atom. The highest BCUT2D eigenvalue weighted by molar-refractivity contribution is 5.83. The van der Waals surface area contributed by atoms with E-state index in [9.17, 15) is 9.59 Å². The lowest BCUT2D eigenvalue weighted by Crippen LogP contribution is -2.44. The van der Waals surface area contributed by atoms with Crippen LogP contribution < -0.4 is 5.73 Å². The highest BCUT2D eigenvalue weighted by atomic mass is 16.6. The predicted octanol–water partition coefficient (Wildman–Crippen LogP) is 2.29. The Labute approximate surface area is 166 Å². The third-order valence-electron chi connectivity index (χ3n) is 5.11. The molecule has 28 heavy (non-hydrogen) atoms. The monoisotopic (exact) mass is 392 g/mol. The van der Waals surface area contributed by atoms with E-state index in [-0.39, 0.29) is 18.6 Å². The lowest BCUT2D eigenvalue weighted by molar-refractivity contribution is -0.146. The third-order valence-corrected chi connectivity index (χ3v) is 5.11. The van der Waals surface area contributed by atoms with Gasteiger partial charge >= 0.3 is 12.1 Å². The van der Waals surface area contributed by atoms with Crippen LogP contribution in [0.15, 0.2) is 6.20 Å². The van der Waals surface area contributed by atoms with Gasteiger partial charge in [-0.15, -0.1) is 0 Å². The number of esters is 1. The van der Waals surface area contributed by atoms with Crippen molar-refractivity contribution in [3.05, 3.63) is 23.3 Å². The quantitative estimate of drug-likeness (QED) is 0.783. The van der Waals surface area contributed by atoms with E-state index in [2.05, 4.69) is 9.97 Å². The molecule has 1 aliphatic heterocycles. The number of aromatic nitrogens is 2. The molecule has 156 valence electrons. The van der Waals surface area contributed by atoms with Crippen LogP contribution >= 0.6 is 0 Å². The van der Waals surface area contributed by atoms with Gasteiger partial charge in [-0.3, -0.25) is 4.79 Å². The second-order valence-corrected chi connectivity index (χ2v) is 8.49. The minimum atomic E-state index is -1.01. The van der Waals surface area contributed by atoms with Crippen LogP contribution in [0, 0.1) is 6.92 Å². The Balaban J connectivity index is 2.24. The number of likely N-dealkylation sites (tertiary alicyclic amines) is 1. The molecule has 0 spiro atoms. The van der Waals surface area contributed by atoms with E-state index in [0.717, 1.165) is 18.5 Å². The largest absolute Gasteiger partial charge is 0.468 e. The average molecular weight is 393 g/mol. The molecule has 1 aromatic heterocycles. The van der Waals surface area contributed by atoms with Gasteiger partial charge in [0, 0.05) is 37.3 Å². The molecule has 1 amide bonds. The van der Waals surface area contributed by atoms with Gasteiger partial charge in [-0.2, -0.15) is 0 Å². The van der Waals surface area contributed by atoms with Gasteiger partial charge < -0.3 is 20.1 Å². The SMILES string of the molecule is COC(=O)C(C)(CN)c1cnc(C)nc1C1CCN(C(=O)OC(C)(C)C)CC1. The Morgan fingerprint density at radius 1 is 1.25 bits per heavy atom. The minimum absolute atomic E-state index is 0.0931. The van der Waals surface area contributed by atoms with Gasteiger partial charge in [-0.05, 0) is 47.5 Å². The molecule has 0 bridgehead atoms. The molecule has 0 aliphatic carbocycles. The first-order chi connectivity index (χ1) is 13.0. The Morgan fingerprint density at radius 3 is 2.36 bits per heavy atom. The molecule has 8 heteroatoms. The molecule has 2 N–H and O–H groups in total. The lowest BCUT2D eigenvalue weighted by Gasteiger charge is -2.35. The predicted molar refractivity (Wildman–Crippen MR) is 105 cm³/mol. The van der Waals surface area contributed by atoms with E-state index in [1.807, 2.05) is 27.7 Å². The number of nitrogens with zero attached hydrogens (tertiary/aromatic N) is 3.